The number of benzene rings is 1. The van der Waals surface area contributed by atoms with Crippen molar-refractivity contribution in [3.05, 3.63) is 53.7 Å². The number of anilines is 1. The van der Waals surface area contributed by atoms with Gasteiger partial charge in [0.05, 0.1) is 28.4 Å². The fourth-order valence-corrected chi connectivity index (χ4v) is 5.26. The molecule has 0 unspecified atom stereocenters. The molecule has 3 aromatic heterocycles. The minimum absolute atomic E-state index is 0.0527. The number of aromatic nitrogens is 4. The predicted octanol–water partition coefficient (Wildman–Crippen LogP) is 3.26. The summed E-state index contributed by atoms with van der Waals surface area (Å²) in [5, 5.41) is 6.93. The van der Waals surface area contributed by atoms with Crippen molar-refractivity contribution in [3.8, 4) is 16.9 Å². The third-order valence-corrected chi connectivity index (χ3v) is 6.90. The van der Waals surface area contributed by atoms with E-state index in [1.54, 1.807) is 13.2 Å². The Morgan fingerprint density at radius 1 is 1.21 bits per heavy atom. The highest BCUT2D eigenvalue weighted by Gasteiger charge is 2.36. The lowest BCUT2D eigenvalue weighted by Gasteiger charge is -2.30. The topological polar surface area (TPSA) is 98.3 Å². The third kappa shape index (κ3) is 3.07. The maximum Gasteiger partial charge on any atom is 0.224 e. The Labute approximate surface area is 196 Å². The highest BCUT2D eigenvalue weighted by Crippen LogP contribution is 2.46. The second-order valence-electron chi connectivity index (χ2n) is 8.92. The van der Waals surface area contributed by atoms with E-state index in [1.807, 2.05) is 44.2 Å². The van der Waals surface area contributed by atoms with Crippen LogP contribution in [-0.4, -0.2) is 52.3 Å². The van der Waals surface area contributed by atoms with Crippen LogP contribution in [0.1, 0.15) is 29.6 Å². The van der Waals surface area contributed by atoms with Gasteiger partial charge in [-0.3, -0.25) is 14.3 Å². The molecule has 1 fully saturated rings. The highest BCUT2D eigenvalue weighted by molar-refractivity contribution is 5.94. The van der Waals surface area contributed by atoms with Gasteiger partial charge < -0.3 is 19.5 Å². The largest absolute Gasteiger partial charge is 0.488 e. The lowest BCUT2D eigenvalue weighted by Crippen LogP contribution is -2.32. The van der Waals surface area contributed by atoms with Crippen LogP contribution in [0.15, 0.2) is 41.1 Å². The minimum Gasteiger partial charge on any atom is -0.488 e. The number of nitrogens with zero attached hydrogens (tertiary/aromatic N) is 5. The fourth-order valence-electron chi connectivity index (χ4n) is 5.26. The Morgan fingerprint density at radius 3 is 2.82 bits per heavy atom. The maximum atomic E-state index is 12.3. The van der Waals surface area contributed by atoms with Gasteiger partial charge in [0.2, 0.25) is 11.9 Å². The van der Waals surface area contributed by atoms with Gasteiger partial charge in [0, 0.05) is 31.9 Å². The van der Waals surface area contributed by atoms with Gasteiger partial charge in [0.15, 0.2) is 5.75 Å². The molecule has 2 aliphatic heterocycles. The Morgan fingerprint density at radius 2 is 2.09 bits per heavy atom. The molecule has 6 rings (SSSR count). The number of carbonyl (C=O) groups is 1. The molecule has 1 amide bonds. The first kappa shape index (κ1) is 20.7. The number of hydrogen-bond donors (Lipinski definition) is 1. The Hall–Kier alpha value is -3.88. The molecule has 5 heterocycles. The quantitative estimate of drug-likeness (QED) is 0.501. The average Bonchev–Trinajstić information content (AvgIpc) is 3.58. The third-order valence-electron chi connectivity index (χ3n) is 6.90. The second-order valence-corrected chi connectivity index (χ2v) is 8.92. The second kappa shape index (κ2) is 7.86. The number of rotatable bonds is 4. The molecule has 174 valence electrons. The van der Waals surface area contributed by atoms with Crippen molar-refractivity contribution in [3.63, 3.8) is 0 Å². The number of ether oxygens (including phenoxy) is 1. The van der Waals surface area contributed by atoms with Crippen LogP contribution in [0.3, 0.4) is 0 Å². The number of imidazole rings is 1. The predicted molar refractivity (Wildman–Crippen MR) is 127 cm³/mol. The number of hydrogen-bond acceptors (Lipinski definition) is 7. The van der Waals surface area contributed by atoms with E-state index in [-0.39, 0.29) is 17.9 Å². The van der Waals surface area contributed by atoms with E-state index in [9.17, 15) is 4.79 Å². The first-order chi connectivity index (χ1) is 16.6. The van der Waals surface area contributed by atoms with Crippen LogP contribution in [0.5, 0.6) is 5.75 Å². The molecular formula is C25H26N6O3. The van der Waals surface area contributed by atoms with Gasteiger partial charge in [-0.15, -0.1) is 0 Å². The molecule has 9 nitrogen and oxygen atoms in total. The molecular weight excluding hydrogens is 432 g/mol. The molecule has 0 spiro atoms. The number of aryl methyl sites for hydroxylation is 2. The van der Waals surface area contributed by atoms with E-state index < -0.39 is 0 Å². The lowest BCUT2D eigenvalue weighted by molar-refractivity contribution is -0.123. The maximum absolute atomic E-state index is 12.3. The average molecular weight is 459 g/mol. The van der Waals surface area contributed by atoms with Crippen molar-refractivity contribution in [1.82, 2.24) is 25.0 Å². The van der Waals surface area contributed by atoms with Gasteiger partial charge in [-0.05, 0) is 44.5 Å². The van der Waals surface area contributed by atoms with Gasteiger partial charge in [-0.2, -0.15) is 0 Å². The molecule has 0 saturated carbocycles. The van der Waals surface area contributed by atoms with Crippen molar-refractivity contribution >= 4 is 22.9 Å². The van der Waals surface area contributed by atoms with Gasteiger partial charge in [-0.1, -0.05) is 11.2 Å². The summed E-state index contributed by atoms with van der Waals surface area (Å²) in [6, 6.07) is 9.84. The zero-order valence-electron chi connectivity index (χ0n) is 19.4. The Balaban J connectivity index is 1.56. The standard InChI is InChI=1S/C25H26N6O3/c1-14-21(15(2)34-29-14)17-7-8-19-22-23(17)33-13-20(18-6-4-5-10-27-18)31(22)25(28-19)30-11-9-16(12-30)24(32)26-3/h4-8,10,16,20H,9,11-13H2,1-3H3,(H,26,32)/t16-,20-/m1/s1. The van der Waals surface area contributed by atoms with Crippen molar-refractivity contribution in [1.29, 1.82) is 0 Å². The first-order valence-corrected chi connectivity index (χ1v) is 11.5. The van der Waals surface area contributed by atoms with Gasteiger partial charge in [0.25, 0.3) is 0 Å². The van der Waals surface area contributed by atoms with E-state index in [0.29, 0.717) is 13.2 Å². The van der Waals surface area contributed by atoms with Crippen LogP contribution in [0.2, 0.25) is 0 Å². The van der Waals surface area contributed by atoms with Crippen LogP contribution < -0.4 is 15.0 Å². The summed E-state index contributed by atoms with van der Waals surface area (Å²) in [6.45, 7) is 5.68. The fraction of sp³-hybridized carbons (Fsp3) is 0.360. The van der Waals surface area contributed by atoms with Crippen molar-refractivity contribution in [2.75, 3.05) is 31.6 Å². The molecule has 0 bridgehead atoms. The summed E-state index contributed by atoms with van der Waals surface area (Å²) in [7, 11) is 1.69. The Bertz CT molecular complexity index is 1370. The summed E-state index contributed by atoms with van der Waals surface area (Å²) in [6.07, 6.45) is 2.60. The number of nitrogens with one attached hydrogen (secondary N) is 1. The summed E-state index contributed by atoms with van der Waals surface area (Å²) >= 11 is 0. The number of amides is 1. The molecule has 0 radical (unpaired) electrons. The molecule has 4 aromatic rings. The monoisotopic (exact) mass is 458 g/mol. The smallest absolute Gasteiger partial charge is 0.224 e. The Kier molecular flexibility index (Phi) is 4.79. The summed E-state index contributed by atoms with van der Waals surface area (Å²) < 4.78 is 14.1. The first-order valence-electron chi connectivity index (χ1n) is 11.5. The van der Waals surface area contributed by atoms with E-state index in [1.165, 1.54) is 0 Å². The molecule has 1 N–H and O–H groups in total. The molecule has 9 heteroatoms. The van der Waals surface area contributed by atoms with Gasteiger partial charge in [-0.25, -0.2) is 4.98 Å². The van der Waals surface area contributed by atoms with E-state index in [0.717, 1.165) is 64.0 Å². The SMILES string of the molecule is CNC(=O)[C@@H]1CCN(c2nc3ccc(-c4c(C)noc4C)c4c3n2[C@@H](c2ccccn2)CO4)C1. The van der Waals surface area contributed by atoms with Crippen LogP contribution in [-0.2, 0) is 4.79 Å². The van der Waals surface area contributed by atoms with Crippen LogP contribution in [0, 0.1) is 19.8 Å². The minimum atomic E-state index is -0.132. The zero-order valence-corrected chi connectivity index (χ0v) is 19.4. The molecule has 2 aliphatic rings. The van der Waals surface area contributed by atoms with E-state index in [4.69, 9.17) is 14.2 Å². The molecule has 1 saturated heterocycles. The van der Waals surface area contributed by atoms with Crippen molar-refractivity contribution < 1.29 is 14.1 Å². The molecule has 2 atom stereocenters. The van der Waals surface area contributed by atoms with Crippen molar-refractivity contribution in [2.24, 2.45) is 5.92 Å². The summed E-state index contributed by atoms with van der Waals surface area (Å²) in [5.74, 6) is 2.39. The molecule has 1 aromatic carbocycles. The summed E-state index contributed by atoms with van der Waals surface area (Å²) in [4.78, 5) is 24.2. The highest BCUT2D eigenvalue weighted by atomic mass is 16.5. The van der Waals surface area contributed by atoms with Gasteiger partial charge >= 0.3 is 0 Å². The normalized spacial score (nSPS) is 19.4. The van der Waals surface area contributed by atoms with Crippen molar-refractivity contribution in [2.45, 2.75) is 26.3 Å². The number of pyridine rings is 1. The zero-order chi connectivity index (χ0) is 23.4. The van der Waals surface area contributed by atoms with Gasteiger partial charge in [0.1, 0.15) is 23.9 Å². The molecule has 34 heavy (non-hydrogen) atoms. The van der Waals surface area contributed by atoms with Crippen LogP contribution >= 0.6 is 0 Å². The van der Waals surface area contributed by atoms with Crippen LogP contribution in [0.4, 0.5) is 5.95 Å². The van der Waals surface area contributed by atoms with E-state index in [2.05, 4.69) is 24.9 Å². The number of carbonyl (C=O) groups excluding carboxylic acids is 1. The lowest BCUT2D eigenvalue weighted by atomic mass is 10.0. The van der Waals surface area contributed by atoms with Crippen LogP contribution in [0.25, 0.3) is 22.2 Å². The van der Waals surface area contributed by atoms with E-state index >= 15 is 0 Å². The summed E-state index contributed by atoms with van der Waals surface area (Å²) in [5.41, 5.74) is 5.41. The molecule has 0 aliphatic carbocycles.